The van der Waals surface area contributed by atoms with Gasteiger partial charge in [-0.2, -0.15) is 8.42 Å². The van der Waals surface area contributed by atoms with Crippen molar-refractivity contribution in [3.8, 4) is 0 Å². The SMILES string of the molecule is CS(=O)(=O)OC1C=CCC1(c1ccccc1)c1ccccc1. The number of benzene rings is 2. The van der Waals surface area contributed by atoms with Gasteiger partial charge in [0, 0.05) is 0 Å². The zero-order valence-electron chi connectivity index (χ0n) is 12.3. The van der Waals surface area contributed by atoms with Crippen LogP contribution in [-0.2, 0) is 19.7 Å². The van der Waals surface area contributed by atoms with Crippen molar-refractivity contribution in [1.29, 1.82) is 0 Å². The van der Waals surface area contributed by atoms with Crippen LogP contribution in [0.1, 0.15) is 17.5 Å². The van der Waals surface area contributed by atoms with Crippen LogP contribution in [0, 0.1) is 0 Å². The van der Waals surface area contributed by atoms with Gasteiger partial charge < -0.3 is 0 Å². The summed E-state index contributed by atoms with van der Waals surface area (Å²) >= 11 is 0. The topological polar surface area (TPSA) is 43.4 Å². The molecule has 1 unspecified atom stereocenters. The quantitative estimate of drug-likeness (QED) is 0.642. The maximum absolute atomic E-state index is 11.7. The molecule has 0 N–H and O–H groups in total. The van der Waals surface area contributed by atoms with E-state index in [0.29, 0.717) is 6.42 Å². The first-order chi connectivity index (χ1) is 10.5. The summed E-state index contributed by atoms with van der Waals surface area (Å²) in [7, 11) is -3.55. The summed E-state index contributed by atoms with van der Waals surface area (Å²) in [6, 6.07) is 19.9. The van der Waals surface area contributed by atoms with E-state index in [4.69, 9.17) is 4.18 Å². The molecule has 4 heteroatoms. The van der Waals surface area contributed by atoms with Gasteiger partial charge in [-0.05, 0) is 17.5 Å². The molecular weight excluding hydrogens is 296 g/mol. The molecule has 2 aromatic carbocycles. The van der Waals surface area contributed by atoms with E-state index in [1.807, 2.05) is 72.8 Å². The van der Waals surface area contributed by atoms with E-state index in [-0.39, 0.29) is 0 Å². The Bertz CT molecular complexity index is 725. The lowest BCUT2D eigenvalue weighted by atomic mass is 9.71. The molecule has 0 fully saturated rings. The molecule has 0 bridgehead atoms. The van der Waals surface area contributed by atoms with Crippen molar-refractivity contribution < 1.29 is 12.6 Å². The molecule has 1 aliphatic carbocycles. The van der Waals surface area contributed by atoms with Crippen LogP contribution >= 0.6 is 0 Å². The Morgan fingerprint density at radius 2 is 1.45 bits per heavy atom. The van der Waals surface area contributed by atoms with Crippen molar-refractivity contribution in [2.45, 2.75) is 17.9 Å². The molecule has 0 radical (unpaired) electrons. The second kappa shape index (κ2) is 5.71. The number of allylic oxidation sites excluding steroid dienone is 1. The molecule has 1 atom stereocenters. The van der Waals surface area contributed by atoms with E-state index in [1.165, 1.54) is 0 Å². The highest BCUT2D eigenvalue weighted by Crippen LogP contribution is 2.45. The van der Waals surface area contributed by atoms with Gasteiger partial charge in [-0.3, -0.25) is 4.18 Å². The van der Waals surface area contributed by atoms with Crippen molar-refractivity contribution in [3.05, 3.63) is 83.9 Å². The van der Waals surface area contributed by atoms with E-state index in [9.17, 15) is 8.42 Å². The largest absolute Gasteiger partial charge is 0.264 e. The Hall–Kier alpha value is -1.91. The van der Waals surface area contributed by atoms with Crippen molar-refractivity contribution in [2.75, 3.05) is 6.26 Å². The molecule has 0 amide bonds. The third-order valence-corrected chi connectivity index (χ3v) is 4.65. The molecule has 0 spiro atoms. The zero-order chi connectivity index (χ0) is 15.6. The lowest BCUT2D eigenvalue weighted by Crippen LogP contribution is -2.39. The molecule has 22 heavy (non-hydrogen) atoms. The lowest BCUT2D eigenvalue weighted by molar-refractivity contribution is 0.192. The predicted molar refractivity (Wildman–Crippen MR) is 87.1 cm³/mol. The molecule has 0 heterocycles. The molecule has 114 valence electrons. The fourth-order valence-electron chi connectivity index (χ4n) is 3.16. The highest BCUT2D eigenvalue weighted by Gasteiger charge is 2.45. The Kier molecular flexibility index (Phi) is 3.89. The van der Waals surface area contributed by atoms with Crippen LogP contribution in [0.25, 0.3) is 0 Å². The molecule has 0 saturated carbocycles. The van der Waals surface area contributed by atoms with Crippen LogP contribution in [0.3, 0.4) is 0 Å². The van der Waals surface area contributed by atoms with Crippen molar-refractivity contribution in [3.63, 3.8) is 0 Å². The van der Waals surface area contributed by atoms with Crippen molar-refractivity contribution in [2.24, 2.45) is 0 Å². The van der Waals surface area contributed by atoms with Gasteiger partial charge in [-0.25, -0.2) is 0 Å². The number of hydrogen-bond acceptors (Lipinski definition) is 3. The minimum atomic E-state index is -3.55. The smallest absolute Gasteiger partial charge is 0.261 e. The van der Waals surface area contributed by atoms with Crippen LogP contribution in [-0.4, -0.2) is 20.8 Å². The summed E-state index contributed by atoms with van der Waals surface area (Å²) in [5.74, 6) is 0. The first-order valence-electron chi connectivity index (χ1n) is 7.18. The summed E-state index contributed by atoms with van der Waals surface area (Å²) < 4.78 is 28.8. The van der Waals surface area contributed by atoms with Gasteiger partial charge in [0.2, 0.25) is 0 Å². The van der Waals surface area contributed by atoms with E-state index in [1.54, 1.807) is 0 Å². The Morgan fingerprint density at radius 3 is 1.91 bits per heavy atom. The third kappa shape index (κ3) is 2.72. The fourth-order valence-corrected chi connectivity index (χ4v) is 3.77. The predicted octanol–water partition coefficient (Wildman–Crippen LogP) is 3.28. The second-order valence-corrected chi connectivity index (χ2v) is 7.16. The summed E-state index contributed by atoms with van der Waals surface area (Å²) in [6.07, 6.45) is 5.12. The van der Waals surface area contributed by atoms with Crippen LogP contribution in [0.4, 0.5) is 0 Å². The standard InChI is InChI=1S/C18H18O3S/c1-22(19,20)21-17-13-8-14-18(17,15-9-4-2-5-10-15)16-11-6-3-7-12-16/h2-13,17H,14H2,1H3. The van der Waals surface area contributed by atoms with Crippen LogP contribution in [0.15, 0.2) is 72.8 Å². The normalized spacial score (nSPS) is 20.1. The van der Waals surface area contributed by atoms with Crippen LogP contribution < -0.4 is 0 Å². The van der Waals surface area contributed by atoms with Gasteiger partial charge in [-0.1, -0.05) is 72.8 Å². The Labute approximate surface area is 131 Å². The van der Waals surface area contributed by atoms with Gasteiger partial charge in [0.25, 0.3) is 10.1 Å². The monoisotopic (exact) mass is 314 g/mol. The molecule has 3 nitrogen and oxygen atoms in total. The molecule has 0 saturated heterocycles. The van der Waals surface area contributed by atoms with Gasteiger partial charge >= 0.3 is 0 Å². The lowest BCUT2D eigenvalue weighted by Gasteiger charge is -2.36. The summed E-state index contributed by atoms with van der Waals surface area (Å²) in [5, 5.41) is 0. The third-order valence-electron chi connectivity index (χ3n) is 4.09. The minimum Gasteiger partial charge on any atom is -0.261 e. The molecular formula is C18H18O3S. The van der Waals surface area contributed by atoms with Gasteiger partial charge in [0.1, 0.15) is 6.10 Å². The summed E-state index contributed by atoms with van der Waals surface area (Å²) in [6.45, 7) is 0. The fraction of sp³-hybridized carbons (Fsp3) is 0.222. The number of hydrogen-bond donors (Lipinski definition) is 0. The van der Waals surface area contributed by atoms with E-state index in [0.717, 1.165) is 17.4 Å². The van der Waals surface area contributed by atoms with Gasteiger partial charge in [0.15, 0.2) is 0 Å². The van der Waals surface area contributed by atoms with Crippen molar-refractivity contribution >= 4 is 10.1 Å². The first kappa shape index (κ1) is 15.0. The number of rotatable bonds is 4. The molecule has 1 aliphatic rings. The molecule has 3 rings (SSSR count). The maximum atomic E-state index is 11.7. The zero-order valence-corrected chi connectivity index (χ0v) is 13.2. The average Bonchev–Trinajstić information content (AvgIpc) is 2.91. The van der Waals surface area contributed by atoms with Crippen molar-refractivity contribution in [1.82, 2.24) is 0 Å². The molecule has 0 aromatic heterocycles. The van der Waals surface area contributed by atoms with Crippen LogP contribution in [0.2, 0.25) is 0 Å². The second-order valence-electron chi connectivity index (χ2n) is 5.56. The van der Waals surface area contributed by atoms with E-state index >= 15 is 0 Å². The van der Waals surface area contributed by atoms with E-state index < -0.39 is 21.6 Å². The Morgan fingerprint density at radius 1 is 0.955 bits per heavy atom. The van der Waals surface area contributed by atoms with E-state index in [2.05, 4.69) is 0 Å². The summed E-state index contributed by atoms with van der Waals surface area (Å²) in [4.78, 5) is 0. The highest BCUT2D eigenvalue weighted by molar-refractivity contribution is 7.86. The maximum Gasteiger partial charge on any atom is 0.264 e. The highest BCUT2D eigenvalue weighted by atomic mass is 32.2. The Balaban J connectivity index is 2.16. The first-order valence-corrected chi connectivity index (χ1v) is 9.00. The molecule has 0 aliphatic heterocycles. The van der Waals surface area contributed by atoms with Crippen LogP contribution in [0.5, 0.6) is 0 Å². The minimum absolute atomic E-state index is 0.508. The average molecular weight is 314 g/mol. The van der Waals surface area contributed by atoms with Gasteiger partial charge in [0.05, 0.1) is 11.7 Å². The summed E-state index contributed by atoms with van der Waals surface area (Å²) in [5.41, 5.74) is 1.60. The van der Waals surface area contributed by atoms with Gasteiger partial charge in [-0.15, -0.1) is 0 Å². The molecule has 2 aromatic rings.